The monoisotopic (exact) mass is 526 g/mol. The number of fused-ring (bicyclic) bond motifs is 1. The number of anilines is 1. The second-order valence-electron chi connectivity index (χ2n) is 8.47. The Balaban J connectivity index is 1.65. The molecule has 11 heteroatoms. The zero-order valence-corrected chi connectivity index (χ0v) is 20.6. The van der Waals surface area contributed by atoms with E-state index < -0.39 is 33.4 Å². The third-order valence-electron chi connectivity index (χ3n) is 5.94. The first-order valence-corrected chi connectivity index (χ1v) is 12.9. The highest BCUT2D eigenvalue weighted by Crippen LogP contribution is 2.37. The van der Waals surface area contributed by atoms with Crippen molar-refractivity contribution in [3.8, 4) is 22.9 Å². The van der Waals surface area contributed by atoms with Gasteiger partial charge in [0.05, 0.1) is 34.5 Å². The van der Waals surface area contributed by atoms with Crippen molar-refractivity contribution in [1.29, 1.82) is 0 Å². The summed E-state index contributed by atoms with van der Waals surface area (Å²) in [5, 5.41) is 8.51. The molecule has 2 N–H and O–H groups in total. The fraction of sp³-hybridized carbons (Fsp3) is 0.160. The molecule has 1 aromatic heterocycles. The van der Waals surface area contributed by atoms with Crippen LogP contribution in [0.25, 0.3) is 22.9 Å². The van der Waals surface area contributed by atoms with E-state index >= 15 is 4.39 Å². The predicted molar refractivity (Wildman–Crippen MR) is 133 cm³/mol. The van der Waals surface area contributed by atoms with E-state index in [1.807, 2.05) is 25.1 Å². The molecule has 0 spiro atoms. The van der Waals surface area contributed by atoms with Crippen molar-refractivity contribution in [2.24, 2.45) is 5.73 Å². The number of carbonyl (C=O) groups excluding carboxylic acids is 1. The average Bonchev–Trinajstić information content (AvgIpc) is 3.31. The third-order valence-corrected chi connectivity index (χ3v) is 7.99. The van der Waals surface area contributed by atoms with E-state index in [9.17, 15) is 13.2 Å². The van der Waals surface area contributed by atoms with E-state index in [2.05, 4.69) is 10.2 Å². The highest BCUT2D eigenvalue weighted by atomic mass is 35.5. The predicted octanol–water partition coefficient (Wildman–Crippen LogP) is 4.15. The van der Waals surface area contributed by atoms with Crippen molar-refractivity contribution in [2.75, 3.05) is 10.7 Å². The topological polar surface area (TPSA) is 119 Å². The van der Waals surface area contributed by atoms with Gasteiger partial charge >= 0.3 is 0 Å². The highest BCUT2D eigenvalue weighted by Gasteiger charge is 2.37. The Morgan fingerprint density at radius 1 is 1.08 bits per heavy atom. The molecule has 2 heterocycles. The number of amides is 1. The maximum absolute atomic E-state index is 15.3. The van der Waals surface area contributed by atoms with Gasteiger partial charge in [0.1, 0.15) is 5.82 Å². The number of sulfone groups is 1. The van der Waals surface area contributed by atoms with Gasteiger partial charge in [-0.15, -0.1) is 10.2 Å². The Labute approximate surface area is 211 Å². The Bertz CT molecular complexity index is 1590. The molecule has 5 rings (SSSR count). The molecule has 0 saturated heterocycles. The molecular formula is C25H20ClFN4O4S. The minimum atomic E-state index is -4.07. The molecule has 0 unspecified atom stereocenters. The largest absolute Gasteiger partial charge is 0.416 e. The van der Waals surface area contributed by atoms with Gasteiger partial charge in [0.25, 0.3) is 5.89 Å². The lowest BCUT2D eigenvalue weighted by Crippen LogP contribution is -2.45. The number of aromatic nitrogens is 2. The van der Waals surface area contributed by atoms with E-state index in [-0.39, 0.29) is 34.5 Å². The average molecular weight is 527 g/mol. The van der Waals surface area contributed by atoms with Gasteiger partial charge in [0.15, 0.2) is 9.84 Å². The van der Waals surface area contributed by atoms with Gasteiger partial charge in [-0.1, -0.05) is 41.9 Å². The number of benzene rings is 3. The Hall–Kier alpha value is -3.60. The lowest BCUT2D eigenvalue weighted by atomic mass is 10.1. The molecule has 0 aliphatic carbocycles. The van der Waals surface area contributed by atoms with E-state index in [0.717, 1.165) is 11.6 Å². The number of hydrogen-bond donors (Lipinski definition) is 1. The second-order valence-corrected chi connectivity index (χ2v) is 10.9. The van der Waals surface area contributed by atoms with E-state index in [0.29, 0.717) is 16.1 Å². The molecular weight excluding hydrogens is 507 g/mol. The van der Waals surface area contributed by atoms with Gasteiger partial charge in [-0.3, -0.25) is 4.79 Å². The molecule has 1 amide bonds. The SMILES string of the molecule is Cc1ccccc1-c1nnc(-c2cc3c(cc2F)S(=O)(=O)C[C@H](N)C(=O)N3Cc2ccc(Cl)cc2)o1. The van der Waals surface area contributed by atoms with Crippen LogP contribution in [0.2, 0.25) is 5.02 Å². The fourth-order valence-electron chi connectivity index (χ4n) is 4.07. The molecule has 1 atom stereocenters. The first-order chi connectivity index (χ1) is 17.1. The number of rotatable bonds is 4. The normalized spacial score (nSPS) is 17.1. The van der Waals surface area contributed by atoms with Crippen molar-refractivity contribution in [2.45, 2.75) is 24.4 Å². The van der Waals surface area contributed by atoms with Crippen LogP contribution in [0.4, 0.5) is 10.1 Å². The van der Waals surface area contributed by atoms with Crippen LogP contribution in [-0.2, 0) is 21.2 Å². The third kappa shape index (κ3) is 4.39. The molecule has 0 saturated carbocycles. The van der Waals surface area contributed by atoms with Crippen molar-refractivity contribution in [1.82, 2.24) is 10.2 Å². The summed E-state index contributed by atoms with van der Waals surface area (Å²) in [6.45, 7) is 1.87. The van der Waals surface area contributed by atoms with Crippen molar-refractivity contribution in [3.05, 3.63) is 82.6 Å². The van der Waals surface area contributed by atoms with Crippen LogP contribution in [0.3, 0.4) is 0 Å². The molecule has 0 radical (unpaired) electrons. The standard InChI is InChI=1S/C25H20ClFN4O4S/c1-14-4-2-3-5-17(14)23-29-30-24(35-23)18-10-21-22(11-19(18)27)36(33,34)13-20(28)25(32)31(21)12-15-6-8-16(26)9-7-15/h2-11,20H,12-13,28H2,1H3/t20-/m0/s1. The minimum Gasteiger partial charge on any atom is -0.416 e. The zero-order valence-electron chi connectivity index (χ0n) is 19.0. The molecule has 3 aromatic carbocycles. The van der Waals surface area contributed by atoms with E-state index in [1.54, 1.807) is 30.3 Å². The smallest absolute Gasteiger partial charge is 0.251 e. The highest BCUT2D eigenvalue weighted by molar-refractivity contribution is 7.91. The van der Waals surface area contributed by atoms with Crippen LogP contribution in [0, 0.1) is 12.7 Å². The lowest BCUT2D eigenvalue weighted by molar-refractivity contribution is -0.119. The maximum atomic E-state index is 15.3. The van der Waals surface area contributed by atoms with E-state index in [1.165, 1.54) is 11.0 Å². The van der Waals surface area contributed by atoms with Crippen molar-refractivity contribution >= 4 is 33.0 Å². The number of halogens is 2. The molecule has 0 bridgehead atoms. The summed E-state index contributed by atoms with van der Waals surface area (Å²) in [6.07, 6.45) is 0. The summed E-state index contributed by atoms with van der Waals surface area (Å²) in [7, 11) is -4.07. The molecule has 1 aliphatic heterocycles. The quantitative estimate of drug-likeness (QED) is 0.424. The summed E-state index contributed by atoms with van der Waals surface area (Å²) >= 11 is 5.97. The van der Waals surface area contributed by atoms with Crippen LogP contribution in [0.1, 0.15) is 11.1 Å². The lowest BCUT2D eigenvalue weighted by Gasteiger charge is -2.24. The summed E-state index contributed by atoms with van der Waals surface area (Å²) in [5.74, 6) is -2.12. The first-order valence-electron chi connectivity index (χ1n) is 10.9. The van der Waals surface area contributed by atoms with E-state index in [4.69, 9.17) is 21.8 Å². The van der Waals surface area contributed by atoms with Crippen LogP contribution < -0.4 is 10.6 Å². The summed E-state index contributed by atoms with van der Waals surface area (Å²) in [4.78, 5) is 14.1. The maximum Gasteiger partial charge on any atom is 0.251 e. The molecule has 0 fully saturated rings. The Morgan fingerprint density at radius 3 is 2.44 bits per heavy atom. The van der Waals surface area contributed by atoms with Crippen molar-refractivity contribution < 1.29 is 22.0 Å². The number of nitrogens with zero attached hydrogens (tertiary/aromatic N) is 3. The number of nitrogens with two attached hydrogens (primary N) is 1. The number of hydrogen-bond acceptors (Lipinski definition) is 7. The van der Waals surface area contributed by atoms with Crippen LogP contribution in [-0.4, -0.2) is 36.3 Å². The molecule has 36 heavy (non-hydrogen) atoms. The Kier molecular flexibility index (Phi) is 6.11. The molecule has 4 aromatic rings. The van der Waals surface area contributed by atoms with Gasteiger partial charge in [0, 0.05) is 10.6 Å². The minimum absolute atomic E-state index is 0.00438. The zero-order chi connectivity index (χ0) is 25.6. The van der Waals surface area contributed by atoms with Gasteiger partial charge in [0.2, 0.25) is 11.8 Å². The van der Waals surface area contributed by atoms with Gasteiger partial charge in [-0.05, 0) is 48.4 Å². The van der Waals surface area contributed by atoms with Gasteiger partial charge in [-0.25, -0.2) is 12.8 Å². The summed E-state index contributed by atoms with van der Waals surface area (Å²) < 4.78 is 47.1. The van der Waals surface area contributed by atoms with Crippen molar-refractivity contribution in [3.63, 3.8) is 0 Å². The first kappa shape index (κ1) is 24.1. The van der Waals surface area contributed by atoms with Gasteiger partial charge < -0.3 is 15.1 Å². The molecule has 8 nitrogen and oxygen atoms in total. The fourth-order valence-corrected chi connectivity index (χ4v) is 5.76. The van der Waals surface area contributed by atoms with Crippen LogP contribution in [0.15, 0.2) is 70.0 Å². The van der Waals surface area contributed by atoms with Crippen LogP contribution >= 0.6 is 11.6 Å². The summed E-state index contributed by atoms with van der Waals surface area (Å²) in [5.41, 5.74) is 8.03. The number of carbonyl (C=O) groups is 1. The Morgan fingerprint density at radius 2 is 1.75 bits per heavy atom. The van der Waals surface area contributed by atoms with Gasteiger partial charge in [-0.2, -0.15) is 0 Å². The molecule has 1 aliphatic rings. The van der Waals surface area contributed by atoms with Crippen LogP contribution in [0.5, 0.6) is 0 Å². The molecule has 184 valence electrons. The number of aryl methyl sites for hydroxylation is 1. The summed E-state index contributed by atoms with van der Waals surface area (Å²) in [6, 6.07) is 14.8. The second kappa shape index (κ2) is 9.12.